The third-order valence-corrected chi connectivity index (χ3v) is 4.28. The minimum absolute atomic E-state index is 0.218. The molecule has 5 heteroatoms. The highest BCUT2D eigenvalue weighted by atomic mass is 32.1. The van der Waals surface area contributed by atoms with Gasteiger partial charge in [0, 0.05) is 11.1 Å². The lowest BCUT2D eigenvalue weighted by atomic mass is 10.1. The third-order valence-electron chi connectivity index (χ3n) is 3.45. The molecule has 4 nitrogen and oxygen atoms in total. The van der Waals surface area contributed by atoms with Crippen molar-refractivity contribution in [1.82, 2.24) is 4.98 Å². The molecule has 0 saturated carbocycles. The molecule has 3 rings (SSSR count). The maximum absolute atomic E-state index is 12.5. The normalized spacial score (nSPS) is 10.4. The molecule has 0 atom stereocenters. The number of aromatic nitrogens is 1. The van der Waals surface area contributed by atoms with Crippen LogP contribution in [0.25, 0.3) is 0 Å². The zero-order chi connectivity index (χ0) is 16.9. The summed E-state index contributed by atoms with van der Waals surface area (Å²) in [6.07, 6.45) is 1.74. The number of aryl methyl sites for hydroxylation is 2. The number of ether oxygens (including phenoxy) is 1. The summed E-state index contributed by atoms with van der Waals surface area (Å²) in [5.74, 6) is 0.342. The van der Waals surface area contributed by atoms with Crippen molar-refractivity contribution >= 4 is 22.4 Å². The first-order valence-corrected chi connectivity index (χ1v) is 8.44. The van der Waals surface area contributed by atoms with Crippen molar-refractivity contribution < 1.29 is 9.53 Å². The Labute approximate surface area is 145 Å². The van der Waals surface area contributed by atoms with Gasteiger partial charge in [-0.2, -0.15) is 0 Å². The van der Waals surface area contributed by atoms with E-state index in [1.807, 2.05) is 44.2 Å². The van der Waals surface area contributed by atoms with Crippen molar-refractivity contribution in [2.75, 3.05) is 5.32 Å². The predicted octanol–water partition coefficient (Wildman–Crippen LogP) is 4.59. The molecule has 2 aromatic carbocycles. The Kier molecular flexibility index (Phi) is 4.91. The van der Waals surface area contributed by atoms with Crippen LogP contribution in [0.4, 0.5) is 5.13 Å². The van der Waals surface area contributed by atoms with Crippen LogP contribution in [0.1, 0.15) is 26.4 Å². The molecule has 0 aliphatic rings. The summed E-state index contributed by atoms with van der Waals surface area (Å²) >= 11 is 1.44. The van der Waals surface area contributed by atoms with Crippen LogP contribution in [-0.2, 0) is 6.61 Å². The second-order valence-electron chi connectivity index (χ2n) is 5.50. The van der Waals surface area contributed by atoms with Crippen LogP contribution >= 0.6 is 11.3 Å². The average Bonchev–Trinajstić information content (AvgIpc) is 2.98. The van der Waals surface area contributed by atoms with Crippen LogP contribution < -0.4 is 10.1 Å². The Morgan fingerprint density at radius 3 is 2.75 bits per heavy atom. The lowest BCUT2D eigenvalue weighted by Crippen LogP contribution is -2.13. The third kappa shape index (κ3) is 4.00. The summed E-state index contributed by atoms with van der Waals surface area (Å²) < 4.78 is 5.86. The first kappa shape index (κ1) is 16.2. The van der Waals surface area contributed by atoms with E-state index in [1.165, 1.54) is 16.9 Å². The molecule has 0 saturated heterocycles. The molecule has 0 bridgehead atoms. The lowest BCUT2D eigenvalue weighted by Gasteiger charge is -2.11. The molecular weight excluding hydrogens is 320 g/mol. The first-order valence-electron chi connectivity index (χ1n) is 7.63. The fourth-order valence-electron chi connectivity index (χ4n) is 2.32. The Balaban J connectivity index is 1.73. The molecule has 0 unspecified atom stereocenters. The SMILES string of the molecule is Cc1cccc(COc2ccccc2C(=O)Nc2ncc(C)s2)c1. The van der Waals surface area contributed by atoms with E-state index in [9.17, 15) is 4.79 Å². The van der Waals surface area contributed by atoms with E-state index < -0.39 is 0 Å². The van der Waals surface area contributed by atoms with Crippen molar-refractivity contribution in [2.45, 2.75) is 20.5 Å². The number of carbonyl (C=O) groups excluding carboxylic acids is 1. The van der Waals surface area contributed by atoms with E-state index in [-0.39, 0.29) is 5.91 Å². The number of para-hydroxylation sites is 1. The number of hydrogen-bond acceptors (Lipinski definition) is 4. The number of hydrogen-bond donors (Lipinski definition) is 1. The van der Waals surface area contributed by atoms with Crippen LogP contribution in [-0.4, -0.2) is 10.9 Å². The fraction of sp³-hybridized carbons (Fsp3) is 0.158. The number of amides is 1. The van der Waals surface area contributed by atoms with Gasteiger partial charge < -0.3 is 4.74 Å². The van der Waals surface area contributed by atoms with E-state index in [2.05, 4.69) is 16.4 Å². The summed E-state index contributed by atoms with van der Waals surface area (Å²) in [6, 6.07) is 15.4. The molecule has 122 valence electrons. The maximum Gasteiger partial charge on any atom is 0.261 e. The second kappa shape index (κ2) is 7.27. The Morgan fingerprint density at radius 1 is 1.17 bits per heavy atom. The number of anilines is 1. The Hall–Kier alpha value is -2.66. The smallest absolute Gasteiger partial charge is 0.261 e. The molecule has 1 heterocycles. The van der Waals surface area contributed by atoms with Gasteiger partial charge in [-0.3, -0.25) is 10.1 Å². The largest absolute Gasteiger partial charge is 0.488 e. The summed E-state index contributed by atoms with van der Waals surface area (Å²) in [4.78, 5) is 17.7. The van der Waals surface area contributed by atoms with E-state index in [1.54, 1.807) is 18.3 Å². The van der Waals surface area contributed by atoms with Gasteiger partial charge in [0.1, 0.15) is 12.4 Å². The first-order chi connectivity index (χ1) is 11.6. The van der Waals surface area contributed by atoms with Gasteiger partial charge in [-0.25, -0.2) is 4.98 Å². The van der Waals surface area contributed by atoms with Gasteiger partial charge in [0.25, 0.3) is 5.91 Å². The molecule has 1 N–H and O–H groups in total. The average molecular weight is 338 g/mol. The van der Waals surface area contributed by atoms with E-state index in [4.69, 9.17) is 4.74 Å². The molecule has 24 heavy (non-hydrogen) atoms. The number of thiazole rings is 1. The van der Waals surface area contributed by atoms with Crippen LogP contribution in [0.15, 0.2) is 54.7 Å². The number of carbonyl (C=O) groups is 1. The molecule has 0 aliphatic heterocycles. The Bertz CT molecular complexity index is 858. The van der Waals surface area contributed by atoms with E-state index in [0.29, 0.717) is 23.1 Å². The monoisotopic (exact) mass is 338 g/mol. The molecule has 0 radical (unpaired) electrons. The van der Waals surface area contributed by atoms with Gasteiger partial charge in [-0.05, 0) is 31.5 Å². The minimum atomic E-state index is -0.218. The number of nitrogens with zero attached hydrogens (tertiary/aromatic N) is 1. The topological polar surface area (TPSA) is 51.2 Å². The van der Waals surface area contributed by atoms with Crippen molar-refractivity contribution in [3.05, 3.63) is 76.3 Å². The number of rotatable bonds is 5. The van der Waals surface area contributed by atoms with Crippen LogP contribution in [0.2, 0.25) is 0 Å². The van der Waals surface area contributed by atoms with Crippen molar-refractivity contribution in [2.24, 2.45) is 0 Å². The molecule has 0 fully saturated rings. The quantitative estimate of drug-likeness (QED) is 0.740. The molecule has 3 aromatic rings. The molecule has 0 spiro atoms. The van der Waals surface area contributed by atoms with Gasteiger partial charge in [-0.1, -0.05) is 42.0 Å². The highest BCUT2D eigenvalue weighted by Gasteiger charge is 2.14. The van der Waals surface area contributed by atoms with Gasteiger partial charge in [0.15, 0.2) is 5.13 Å². The van der Waals surface area contributed by atoms with Gasteiger partial charge in [-0.15, -0.1) is 11.3 Å². The summed E-state index contributed by atoms with van der Waals surface area (Å²) in [6.45, 7) is 4.41. The minimum Gasteiger partial charge on any atom is -0.488 e. The summed E-state index contributed by atoms with van der Waals surface area (Å²) in [5.41, 5.74) is 2.75. The van der Waals surface area contributed by atoms with Gasteiger partial charge >= 0.3 is 0 Å². The van der Waals surface area contributed by atoms with Crippen LogP contribution in [0.3, 0.4) is 0 Å². The molecule has 0 aliphatic carbocycles. The standard InChI is InChI=1S/C19H18N2O2S/c1-13-6-5-7-15(10-13)12-23-17-9-4-3-8-16(17)18(22)21-19-20-11-14(2)24-19/h3-11H,12H2,1-2H3,(H,20,21,22). The highest BCUT2D eigenvalue weighted by Crippen LogP contribution is 2.23. The zero-order valence-electron chi connectivity index (χ0n) is 13.6. The van der Waals surface area contributed by atoms with E-state index >= 15 is 0 Å². The Morgan fingerprint density at radius 2 is 2.00 bits per heavy atom. The molecule has 1 amide bonds. The lowest BCUT2D eigenvalue weighted by molar-refractivity contribution is 0.102. The second-order valence-corrected chi connectivity index (χ2v) is 6.74. The maximum atomic E-state index is 12.5. The fourth-order valence-corrected chi connectivity index (χ4v) is 2.98. The molecular formula is C19H18N2O2S. The molecule has 1 aromatic heterocycles. The summed E-state index contributed by atoms with van der Waals surface area (Å²) in [5, 5.41) is 3.40. The van der Waals surface area contributed by atoms with Gasteiger partial charge in [0.05, 0.1) is 5.56 Å². The van der Waals surface area contributed by atoms with Crippen molar-refractivity contribution in [3.63, 3.8) is 0 Å². The number of nitrogens with one attached hydrogen (secondary N) is 1. The highest BCUT2D eigenvalue weighted by molar-refractivity contribution is 7.15. The van der Waals surface area contributed by atoms with Crippen LogP contribution in [0.5, 0.6) is 5.75 Å². The van der Waals surface area contributed by atoms with E-state index in [0.717, 1.165) is 10.4 Å². The van der Waals surface area contributed by atoms with Gasteiger partial charge in [0.2, 0.25) is 0 Å². The zero-order valence-corrected chi connectivity index (χ0v) is 14.4. The van der Waals surface area contributed by atoms with Crippen LogP contribution in [0, 0.1) is 13.8 Å². The predicted molar refractivity (Wildman–Crippen MR) is 96.8 cm³/mol. The summed E-state index contributed by atoms with van der Waals surface area (Å²) in [7, 11) is 0. The van der Waals surface area contributed by atoms with Crippen molar-refractivity contribution in [3.8, 4) is 5.75 Å². The number of benzene rings is 2. The van der Waals surface area contributed by atoms with Crippen molar-refractivity contribution in [1.29, 1.82) is 0 Å².